The van der Waals surface area contributed by atoms with Crippen LogP contribution in [0.5, 0.6) is 0 Å². The number of aliphatic carboxylic acids is 1. The lowest BCUT2D eigenvalue weighted by Gasteiger charge is -2.27. The quantitative estimate of drug-likeness (QED) is 0.791. The molecule has 0 bridgehead atoms. The molecule has 1 N–H and O–H groups in total. The minimum absolute atomic E-state index is 0.0235. The minimum Gasteiger partial charge on any atom is -0.480 e. The summed E-state index contributed by atoms with van der Waals surface area (Å²) in [5.74, 6) is -0.504. The summed E-state index contributed by atoms with van der Waals surface area (Å²) >= 11 is 0. The fraction of sp³-hybridized carbons (Fsp3) is 0.500. The van der Waals surface area contributed by atoms with E-state index in [2.05, 4.69) is 9.97 Å². The SMILES string of the molecule is O=C(O)CN(c1ccncn1)C1CCS(=O)(=O)C1. The van der Waals surface area contributed by atoms with E-state index in [-0.39, 0.29) is 24.1 Å². The first-order valence-corrected chi connectivity index (χ1v) is 7.25. The van der Waals surface area contributed by atoms with Crippen molar-refractivity contribution < 1.29 is 18.3 Å². The number of hydrogen-bond donors (Lipinski definition) is 1. The Bertz CT molecular complexity index is 531. The standard InChI is InChI=1S/C10H13N3O4S/c14-10(15)5-13(9-1-3-11-7-12-9)8-2-4-18(16,17)6-8/h1,3,7-8H,2,4-6H2,(H,14,15). The van der Waals surface area contributed by atoms with Crippen LogP contribution in [-0.4, -0.2) is 53.6 Å². The molecule has 1 aromatic rings. The second-order valence-electron chi connectivity index (χ2n) is 4.15. The van der Waals surface area contributed by atoms with Crippen LogP contribution in [0.15, 0.2) is 18.6 Å². The molecule has 1 aromatic heterocycles. The van der Waals surface area contributed by atoms with Gasteiger partial charge in [0.2, 0.25) is 0 Å². The fourth-order valence-electron chi connectivity index (χ4n) is 2.02. The molecule has 1 aliphatic heterocycles. The van der Waals surface area contributed by atoms with E-state index in [0.717, 1.165) is 0 Å². The van der Waals surface area contributed by atoms with E-state index in [1.165, 1.54) is 17.4 Å². The third kappa shape index (κ3) is 2.95. The predicted molar refractivity (Wildman–Crippen MR) is 64.1 cm³/mol. The van der Waals surface area contributed by atoms with Crippen LogP contribution in [0.25, 0.3) is 0 Å². The van der Waals surface area contributed by atoms with Gasteiger partial charge < -0.3 is 10.0 Å². The van der Waals surface area contributed by atoms with Gasteiger partial charge in [-0.3, -0.25) is 4.79 Å². The van der Waals surface area contributed by atoms with Crippen LogP contribution < -0.4 is 4.90 Å². The maximum atomic E-state index is 11.5. The van der Waals surface area contributed by atoms with Gasteiger partial charge in [-0.15, -0.1) is 0 Å². The molecule has 2 heterocycles. The molecule has 0 saturated carbocycles. The van der Waals surface area contributed by atoms with Crippen LogP contribution in [0.3, 0.4) is 0 Å². The van der Waals surface area contributed by atoms with Crippen molar-refractivity contribution in [1.82, 2.24) is 9.97 Å². The van der Waals surface area contributed by atoms with Gasteiger partial charge in [0.1, 0.15) is 18.7 Å². The van der Waals surface area contributed by atoms with Crippen LogP contribution in [0, 0.1) is 0 Å². The van der Waals surface area contributed by atoms with Gasteiger partial charge in [0.05, 0.1) is 11.5 Å². The number of carboxylic acid groups (broad SMARTS) is 1. The number of carboxylic acids is 1. The van der Waals surface area contributed by atoms with Gasteiger partial charge in [-0.25, -0.2) is 18.4 Å². The zero-order chi connectivity index (χ0) is 13.2. The molecule has 1 aliphatic rings. The Kier molecular flexibility index (Phi) is 3.46. The number of aromatic nitrogens is 2. The second kappa shape index (κ2) is 4.89. The molecule has 0 radical (unpaired) electrons. The first-order valence-electron chi connectivity index (χ1n) is 5.43. The monoisotopic (exact) mass is 271 g/mol. The highest BCUT2D eigenvalue weighted by atomic mass is 32.2. The summed E-state index contributed by atoms with van der Waals surface area (Å²) in [7, 11) is -3.06. The molecule has 0 aliphatic carbocycles. The molecular weight excluding hydrogens is 258 g/mol. The fourth-order valence-corrected chi connectivity index (χ4v) is 3.75. The average Bonchev–Trinajstić information content (AvgIpc) is 2.67. The summed E-state index contributed by atoms with van der Waals surface area (Å²) in [6.07, 6.45) is 3.24. The number of hydrogen-bond acceptors (Lipinski definition) is 6. The van der Waals surface area contributed by atoms with E-state index < -0.39 is 15.8 Å². The second-order valence-corrected chi connectivity index (χ2v) is 6.37. The highest BCUT2D eigenvalue weighted by molar-refractivity contribution is 7.91. The summed E-state index contributed by atoms with van der Waals surface area (Å²) in [6.45, 7) is -0.267. The van der Waals surface area contributed by atoms with Crippen LogP contribution in [0.2, 0.25) is 0 Å². The molecule has 1 saturated heterocycles. The van der Waals surface area contributed by atoms with Gasteiger partial charge >= 0.3 is 5.97 Å². The van der Waals surface area contributed by atoms with Crippen molar-refractivity contribution in [1.29, 1.82) is 0 Å². The Morgan fingerprint density at radius 3 is 2.83 bits per heavy atom. The van der Waals surface area contributed by atoms with E-state index in [1.807, 2.05) is 0 Å². The van der Waals surface area contributed by atoms with Crippen molar-refractivity contribution in [3.05, 3.63) is 18.6 Å². The zero-order valence-corrected chi connectivity index (χ0v) is 10.4. The van der Waals surface area contributed by atoms with Crippen molar-refractivity contribution in [2.24, 2.45) is 0 Å². The van der Waals surface area contributed by atoms with Gasteiger partial charge in [-0.05, 0) is 12.5 Å². The summed E-state index contributed by atoms with van der Waals surface area (Å²) < 4.78 is 22.9. The Morgan fingerprint density at radius 2 is 2.33 bits per heavy atom. The Labute approximate surface area is 104 Å². The van der Waals surface area contributed by atoms with Gasteiger partial charge in [0.15, 0.2) is 9.84 Å². The predicted octanol–water partition coefficient (Wildman–Crippen LogP) is -0.445. The number of sulfone groups is 1. The lowest BCUT2D eigenvalue weighted by Crippen LogP contribution is -2.40. The van der Waals surface area contributed by atoms with E-state index in [4.69, 9.17) is 5.11 Å². The summed E-state index contributed by atoms with van der Waals surface area (Å²) in [5.41, 5.74) is 0. The van der Waals surface area contributed by atoms with Crippen LogP contribution >= 0.6 is 0 Å². The summed E-state index contributed by atoms with van der Waals surface area (Å²) in [5, 5.41) is 8.90. The molecule has 1 atom stereocenters. The molecular formula is C10H13N3O4S. The van der Waals surface area contributed by atoms with E-state index >= 15 is 0 Å². The van der Waals surface area contributed by atoms with Crippen LogP contribution in [-0.2, 0) is 14.6 Å². The van der Waals surface area contributed by atoms with Gasteiger partial charge in [0, 0.05) is 12.2 Å². The van der Waals surface area contributed by atoms with Gasteiger partial charge in [-0.1, -0.05) is 0 Å². The van der Waals surface area contributed by atoms with E-state index in [1.54, 1.807) is 6.07 Å². The normalized spacial score (nSPS) is 21.7. The first-order chi connectivity index (χ1) is 8.48. The maximum absolute atomic E-state index is 11.5. The minimum atomic E-state index is -3.06. The molecule has 2 rings (SSSR count). The molecule has 18 heavy (non-hydrogen) atoms. The first kappa shape index (κ1) is 12.7. The highest BCUT2D eigenvalue weighted by Crippen LogP contribution is 2.22. The topological polar surface area (TPSA) is 100 Å². The van der Waals surface area contributed by atoms with Crippen molar-refractivity contribution in [3.8, 4) is 0 Å². The van der Waals surface area contributed by atoms with Crippen LogP contribution in [0.4, 0.5) is 5.82 Å². The third-order valence-corrected chi connectivity index (χ3v) is 4.57. The van der Waals surface area contributed by atoms with Crippen molar-refractivity contribution in [2.45, 2.75) is 12.5 Å². The van der Waals surface area contributed by atoms with Gasteiger partial charge in [0.25, 0.3) is 0 Å². The molecule has 0 spiro atoms. The molecule has 1 fully saturated rings. The summed E-state index contributed by atoms with van der Waals surface area (Å²) in [4.78, 5) is 20.1. The van der Waals surface area contributed by atoms with E-state index in [9.17, 15) is 13.2 Å². The number of anilines is 1. The van der Waals surface area contributed by atoms with Crippen LogP contribution in [0.1, 0.15) is 6.42 Å². The molecule has 0 amide bonds. The Morgan fingerprint density at radius 1 is 1.56 bits per heavy atom. The largest absolute Gasteiger partial charge is 0.480 e. The van der Waals surface area contributed by atoms with E-state index in [0.29, 0.717) is 12.2 Å². The number of nitrogens with zero attached hydrogens (tertiary/aromatic N) is 3. The Hall–Kier alpha value is -1.70. The molecule has 1 unspecified atom stereocenters. The third-order valence-electron chi connectivity index (χ3n) is 2.82. The number of rotatable bonds is 4. The molecule has 98 valence electrons. The maximum Gasteiger partial charge on any atom is 0.323 e. The number of carbonyl (C=O) groups is 1. The van der Waals surface area contributed by atoms with Crippen molar-refractivity contribution >= 4 is 21.6 Å². The highest BCUT2D eigenvalue weighted by Gasteiger charge is 2.33. The van der Waals surface area contributed by atoms with Gasteiger partial charge in [-0.2, -0.15) is 0 Å². The lowest BCUT2D eigenvalue weighted by atomic mass is 10.2. The molecule has 8 heteroatoms. The zero-order valence-electron chi connectivity index (χ0n) is 9.56. The smallest absolute Gasteiger partial charge is 0.323 e. The summed E-state index contributed by atoms with van der Waals surface area (Å²) in [6, 6.07) is 1.24. The van der Waals surface area contributed by atoms with Crippen molar-refractivity contribution in [3.63, 3.8) is 0 Å². The van der Waals surface area contributed by atoms with Crippen molar-refractivity contribution in [2.75, 3.05) is 23.0 Å². The Balaban J connectivity index is 2.24. The average molecular weight is 271 g/mol. The lowest BCUT2D eigenvalue weighted by molar-refractivity contribution is -0.135. The molecule has 0 aromatic carbocycles. The molecule has 7 nitrogen and oxygen atoms in total.